The molecule has 0 bridgehead atoms. The number of carbonyl (C=O) groups is 2. The Balaban J connectivity index is 2.32. The Morgan fingerprint density at radius 3 is 2.45 bits per heavy atom. The van der Waals surface area contributed by atoms with Gasteiger partial charge in [-0.25, -0.2) is 4.79 Å². The Kier molecular flexibility index (Phi) is 5.09. The van der Waals surface area contributed by atoms with Crippen molar-refractivity contribution in [1.82, 2.24) is 0 Å². The maximum Gasteiger partial charge on any atom is 0.409 e. The predicted molar refractivity (Wildman–Crippen MR) is 84.8 cm³/mol. The summed E-state index contributed by atoms with van der Waals surface area (Å²) in [5.74, 6) is 0.238. The predicted octanol–water partition coefficient (Wildman–Crippen LogP) is 3.03. The highest BCUT2D eigenvalue weighted by atomic mass is 16.5. The molecule has 0 spiro atoms. The average molecular weight is 295 g/mol. The first-order chi connectivity index (χ1) is 10.6. The van der Waals surface area contributed by atoms with E-state index in [1.807, 2.05) is 36.4 Å². The van der Waals surface area contributed by atoms with Gasteiger partial charge in [-0.1, -0.05) is 43.0 Å². The zero-order chi connectivity index (χ0) is 15.9. The number of carbonyl (C=O) groups excluding carboxylic acids is 2. The third kappa shape index (κ3) is 4.31. The second kappa shape index (κ2) is 7.22. The van der Waals surface area contributed by atoms with Crippen molar-refractivity contribution in [2.45, 2.75) is 12.8 Å². The number of hydrogen-bond donors (Lipinski definition) is 1. The van der Waals surface area contributed by atoms with Crippen molar-refractivity contribution in [2.75, 3.05) is 0 Å². The minimum atomic E-state index is -0.878. The van der Waals surface area contributed by atoms with Gasteiger partial charge in [0.15, 0.2) is 5.78 Å². The van der Waals surface area contributed by atoms with Gasteiger partial charge in [-0.2, -0.15) is 0 Å². The smallest absolute Gasteiger partial charge is 0.409 e. The molecule has 2 aromatic rings. The Morgan fingerprint density at radius 2 is 1.82 bits per heavy atom. The van der Waals surface area contributed by atoms with Gasteiger partial charge in [0.05, 0.1) is 0 Å². The molecule has 0 aliphatic carbocycles. The lowest BCUT2D eigenvalue weighted by Crippen LogP contribution is -2.16. The zero-order valence-corrected chi connectivity index (χ0v) is 12.1. The summed E-state index contributed by atoms with van der Waals surface area (Å²) in [7, 11) is 0. The van der Waals surface area contributed by atoms with Crippen molar-refractivity contribution in [3.63, 3.8) is 0 Å². The van der Waals surface area contributed by atoms with Gasteiger partial charge in [0.1, 0.15) is 5.75 Å². The number of amides is 1. The lowest BCUT2D eigenvalue weighted by atomic mass is 9.96. The van der Waals surface area contributed by atoms with Crippen molar-refractivity contribution < 1.29 is 14.3 Å². The van der Waals surface area contributed by atoms with Gasteiger partial charge in [0, 0.05) is 6.42 Å². The van der Waals surface area contributed by atoms with Gasteiger partial charge in [-0.15, -0.1) is 0 Å². The van der Waals surface area contributed by atoms with Gasteiger partial charge in [-0.05, 0) is 41.3 Å². The quantitative estimate of drug-likeness (QED) is 0.833. The van der Waals surface area contributed by atoms with Crippen molar-refractivity contribution in [3.8, 4) is 5.75 Å². The number of hydrogen-bond acceptors (Lipinski definition) is 3. The van der Waals surface area contributed by atoms with Crippen LogP contribution in [0.1, 0.15) is 16.7 Å². The number of ketones is 1. The third-order valence-corrected chi connectivity index (χ3v) is 3.23. The van der Waals surface area contributed by atoms with Crippen LogP contribution in [0.2, 0.25) is 0 Å². The zero-order valence-electron chi connectivity index (χ0n) is 12.1. The van der Waals surface area contributed by atoms with Gasteiger partial charge in [0.2, 0.25) is 0 Å². The summed E-state index contributed by atoms with van der Waals surface area (Å²) in [4.78, 5) is 22.5. The van der Waals surface area contributed by atoms with Crippen LogP contribution in [0, 0.1) is 0 Å². The fourth-order valence-corrected chi connectivity index (χ4v) is 2.19. The van der Waals surface area contributed by atoms with Crippen LogP contribution in [0.4, 0.5) is 4.79 Å². The molecular weight excluding hydrogens is 278 g/mol. The van der Waals surface area contributed by atoms with Crippen LogP contribution in [0.3, 0.4) is 0 Å². The topological polar surface area (TPSA) is 69.4 Å². The normalized spacial score (nSPS) is 10.0. The monoisotopic (exact) mass is 295 g/mol. The summed E-state index contributed by atoms with van der Waals surface area (Å²) in [5.41, 5.74) is 7.95. The Labute approximate surface area is 129 Å². The summed E-state index contributed by atoms with van der Waals surface area (Å²) >= 11 is 0. The van der Waals surface area contributed by atoms with Crippen molar-refractivity contribution in [3.05, 3.63) is 77.9 Å². The van der Waals surface area contributed by atoms with E-state index in [0.29, 0.717) is 12.2 Å². The first-order valence-corrected chi connectivity index (χ1v) is 6.87. The van der Waals surface area contributed by atoms with Crippen LogP contribution in [0.15, 0.2) is 61.2 Å². The van der Waals surface area contributed by atoms with Crippen LogP contribution in [-0.4, -0.2) is 11.9 Å². The van der Waals surface area contributed by atoms with E-state index in [2.05, 4.69) is 6.58 Å². The number of rotatable bonds is 6. The number of ether oxygens (including phenoxy) is 1. The molecule has 1 amide bonds. The van der Waals surface area contributed by atoms with E-state index < -0.39 is 6.09 Å². The summed E-state index contributed by atoms with van der Waals surface area (Å²) in [6, 6.07) is 15.1. The average Bonchev–Trinajstić information content (AvgIpc) is 2.50. The molecule has 0 unspecified atom stereocenters. The minimum absolute atomic E-state index is 0.0921. The number of nitrogens with two attached hydrogens (primary N) is 1. The molecule has 4 nitrogen and oxygen atoms in total. The molecule has 2 aromatic carbocycles. The molecular formula is C18H17NO3. The molecule has 0 aromatic heterocycles. The van der Waals surface area contributed by atoms with Gasteiger partial charge < -0.3 is 10.5 Å². The minimum Gasteiger partial charge on any atom is -0.410 e. The molecule has 2 rings (SSSR count). The first kappa shape index (κ1) is 15.5. The van der Waals surface area contributed by atoms with Crippen LogP contribution in [0.5, 0.6) is 5.75 Å². The highest BCUT2D eigenvalue weighted by Crippen LogP contribution is 2.22. The van der Waals surface area contributed by atoms with Crippen LogP contribution < -0.4 is 10.5 Å². The SMILES string of the molecule is C=CC(=O)Cc1cc(OC(N)=O)ccc1Cc1ccccc1. The lowest BCUT2D eigenvalue weighted by Gasteiger charge is -2.11. The summed E-state index contributed by atoms with van der Waals surface area (Å²) < 4.78 is 4.88. The molecule has 0 aliphatic rings. The molecule has 0 radical (unpaired) electrons. The van der Waals surface area contributed by atoms with E-state index in [1.165, 1.54) is 6.08 Å². The van der Waals surface area contributed by atoms with E-state index in [4.69, 9.17) is 10.5 Å². The first-order valence-electron chi connectivity index (χ1n) is 6.87. The highest BCUT2D eigenvalue weighted by molar-refractivity contribution is 5.91. The number of allylic oxidation sites excluding steroid dienone is 1. The fourth-order valence-electron chi connectivity index (χ4n) is 2.19. The molecule has 0 saturated heterocycles. The molecule has 0 atom stereocenters. The summed E-state index contributed by atoms with van der Waals surface area (Å²) in [5, 5.41) is 0. The fraction of sp³-hybridized carbons (Fsp3) is 0.111. The maximum absolute atomic E-state index is 11.7. The van der Waals surface area contributed by atoms with Crippen molar-refractivity contribution >= 4 is 11.9 Å². The van der Waals surface area contributed by atoms with E-state index in [0.717, 1.165) is 16.7 Å². The largest absolute Gasteiger partial charge is 0.410 e. The summed E-state index contributed by atoms with van der Waals surface area (Å²) in [6.07, 6.45) is 1.31. The molecule has 0 heterocycles. The van der Waals surface area contributed by atoms with Crippen LogP contribution >= 0.6 is 0 Å². The van der Waals surface area contributed by atoms with Crippen molar-refractivity contribution in [2.24, 2.45) is 5.73 Å². The van der Waals surface area contributed by atoms with E-state index in [9.17, 15) is 9.59 Å². The van der Waals surface area contributed by atoms with Crippen molar-refractivity contribution in [1.29, 1.82) is 0 Å². The Morgan fingerprint density at radius 1 is 1.09 bits per heavy atom. The number of primary amides is 1. The number of benzene rings is 2. The molecule has 0 fully saturated rings. The van der Waals surface area contributed by atoms with Crippen LogP contribution in [-0.2, 0) is 17.6 Å². The molecule has 0 saturated carbocycles. The second-order valence-electron chi connectivity index (χ2n) is 4.86. The van der Waals surface area contributed by atoms with Gasteiger partial charge in [-0.3, -0.25) is 4.79 Å². The lowest BCUT2D eigenvalue weighted by molar-refractivity contribution is -0.114. The highest BCUT2D eigenvalue weighted by Gasteiger charge is 2.10. The van der Waals surface area contributed by atoms with E-state index in [-0.39, 0.29) is 12.2 Å². The standard InChI is InChI=1S/C18H17NO3/c1-2-16(20)11-15-12-17(22-18(19)21)9-8-14(15)10-13-6-4-3-5-7-13/h2-9,12H,1,10-11H2,(H2,19,21). The van der Waals surface area contributed by atoms with E-state index in [1.54, 1.807) is 12.1 Å². The van der Waals surface area contributed by atoms with E-state index >= 15 is 0 Å². The third-order valence-electron chi connectivity index (χ3n) is 3.23. The molecule has 22 heavy (non-hydrogen) atoms. The Hall–Kier alpha value is -2.88. The summed E-state index contributed by atoms with van der Waals surface area (Å²) in [6.45, 7) is 3.49. The molecule has 4 heteroatoms. The Bertz CT molecular complexity index is 693. The van der Waals surface area contributed by atoms with Crippen LogP contribution in [0.25, 0.3) is 0 Å². The molecule has 2 N–H and O–H groups in total. The molecule has 112 valence electrons. The molecule has 0 aliphatic heterocycles. The second-order valence-corrected chi connectivity index (χ2v) is 4.86. The van der Waals surface area contributed by atoms with Gasteiger partial charge >= 0.3 is 6.09 Å². The maximum atomic E-state index is 11.7. The van der Waals surface area contributed by atoms with Gasteiger partial charge in [0.25, 0.3) is 0 Å².